The molecule has 1 amide bonds. The van der Waals surface area contributed by atoms with Gasteiger partial charge in [-0.15, -0.1) is 0 Å². The van der Waals surface area contributed by atoms with E-state index in [0.29, 0.717) is 5.02 Å². The molecule has 0 fully saturated rings. The average Bonchev–Trinajstić information content (AvgIpc) is 2.54. The van der Waals surface area contributed by atoms with Gasteiger partial charge in [0.15, 0.2) is 0 Å². The highest BCUT2D eigenvalue weighted by Crippen LogP contribution is 2.29. The van der Waals surface area contributed by atoms with E-state index < -0.39 is 0 Å². The van der Waals surface area contributed by atoms with E-state index in [1.54, 1.807) is 6.07 Å². The Bertz CT molecular complexity index is 551. The Morgan fingerprint density at radius 2 is 2.05 bits per heavy atom. The fraction of sp³-hybridized carbons (Fsp3) is 0.500. The van der Waals surface area contributed by atoms with Crippen molar-refractivity contribution in [3.63, 3.8) is 0 Å². The standard InChI is InChI=1S/C16H21ClN2O/c1-5-10(4)15-16(20)18-13-7-6-11(17)8-12(13)14(19-15)9(2)3/h6-10,15H,5H2,1-4H3,(H,18,20)/t10?,15-/m0/s1. The minimum Gasteiger partial charge on any atom is -0.324 e. The lowest BCUT2D eigenvalue weighted by molar-refractivity contribution is -0.118. The van der Waals surface area contributed by atoms with E-state index in [0.717, 1.165) is 23.4 Å². The van der Waals surface area contributed by atoms with Crippen molar-refractivity contribution < 1.29 is 4.79 Å². The average molecular weight is 293 g/mol. The molecule has 0 radical (unpaired) electrons. The highest BCUT2D eigenvalue weighted by molar-refractivity contribution is 6.31. The Balaban J connectivity index is 2.56. The summed E-state index contributed by atoms with van der Waals surface area (Å²) in [5, 5.41) is 3.65. The van der Waals surface area contributed by atoms with Gasteiger partial charge in [-0.3, -0.25) is 9.79 Å². The van der Waals surface area contributed by atoms with Crippen molar-refractivity contribution in [2.75, 3.05) is 5.32 Å². The molecule has 1 aliphatic rings. The molecule has 2 atom stereocenters. The van der Waals surface area contributed by atoms with Crippen LogP contribution in [0.25, 0.3) is 0 Å². The van der Waals surface area contributed by atoms with Gasteiger partial charge in [0.25, 0.3) is 0 Å². The molecule has 108 valence electrons. The summed E-state index contributed by atoms with van der Waals surface area (Å²) in [6, 6.07) is 5.20. The van der Waals surface area contributed by atoms with E-state index in [9.17, 15) is 4.79 Å². The minimum atomic E-state index is -0.330. The number of benzodiazepines with no additional fused rings is 1. The number of aliphatic imine (C=N–C) groups is 1. The highest BCUT2D eigenvalue weighted by Gasteiger charge is 2.29. The van der Waals surface area contributed by atoms with Crippen molar-refractivity contribution >= 4 is 28.9 Å². The maximum Gasteiger partial charge on any atom is 0.249 e. The number of anilines is 1. The second-order valence-electron chi connectivity index (χ2n) is 5.68. The van der Waals surface area contributed by atoms with Crippen LogP contribution in [0.5, 0.6) is 0 Å². The molecule has 0 spiro atoms. The van der Waals surface area contributed by atoms with Crippen LogP contribution in [0.1, 0.15) is 39.7 Å². The number of fused-ring (bicyclic) bond motifs is 1. The van der Waals surface area contributed by atoms with E-state index in [4.69, 9.17) is 16.6 Å². The summed E-state index contributed by atoms with van der Waals surface area (Å²) in [5.41, 5.74) is 2.69. The molecule has 0 aromatic heterocycles. The van der Waals surface area contributed by atoms with Crippen LogP contribution in [-0.4, -0.2) is 17.7 Å². The fourth-order valence-corrected chi connectivity index (χ4v) is 2.56. The third-order valence-corrected chi connectivity index (χ3v) is 4.03. The normalized spacial score (nSPS) is 20.0. The maximum absolute atomic E-state index is 12.4. The number of carbonyl (C=O) groups is 1. The van der Waals surface area contributed by atoms with Crippen molar-refractivity contribution in [1.82, 2.24) is 0 Å². The summed E-state index contributed by atoms with van der Waals surface area (Å²) in [5.74, 6) is 0.429. The smallest absolute Gasteiger partial charge is 0.249 e. The Kier molecular flexibility index (Phi) is 4.48. The lowest BCUT2D eigenvalue weighted by Crippen LogP contribution is -2.31. The molecule has 0 bridgehead atoms. The van der Waals surface area contributed by atoms with Crippen molar-refractivity contribution in [1.29, 1.82) is 0 Å². The lowest BCUT2D eigenvalue weighted by atomic mass is 9.96. The zero-order chi connectivity index (χ0) is 14.9. The van der Waals surface area contributed by atoms with Crippen LogP contribution in [0.3, 0.4) is 0 Å². The van der Waals surface area contributed by atoms with Gasteiger partial charge >= 0.3 is 0 Å². The number of hydrogen-bond acceptors (Lipinski definition) is 2. The number of carbonyl (C=O) groups excluding carboxylic acids is 1. The van der Waals surface area contributed by atoms with Gasteiger partial charge in [-0.1, -0.05) is 45.7 Å². The van der Waals surface area contributed by atoms with Crippen molar-refractivity contribution in [2.45, 2.75) is 40.2 Å². The molecule has 0 saturated heterocycles. The molecule has 1 N–H and O–H groups in total. The third kappa shape index (κ3) is 2.88. The second kappa shape index (κ2) is 5.96. The van der Waals surface area contributed by atoms with Gasteiger partial charge in [-0.2, -0.15) is 0 Å². The molecule has 2 rings (SSSR count). The van der Waals surface area contributed by atoms with Crippen molar-refractivity contribution in [3.05, 3.63) is 28.8 Å². The van der Waals surface area contributed by atoms with Crippen molar-refractivity contribution in [2.24, 2.45) is 16.8 Å². The SMILES string of the molecule is CCC(C)[C@@H]1N=C(C(C)C)c2cc(Cl)ccc2NC1=O. The van der Waals surface area contributed by atoms with E-state index in [-0.39, 0.29) is 23.8 Å². The number of nitrogens with one attached hydrogen (secondary N) is 1. The first-order valence-electron chi connectivity index (χ1n) is 7.12. The molecular weight excluding hydrogens is 272 g/mol. The molecule has 3 nitrogen and oxygen atoms in total. The van der Waals surface area contributed by atoms with E-state index in [1.807, 2.05) is 12.1 Å². The van der Waals surface area contributed by atoms with Crippen molar-refractivity contribution in [3.8, 4) is 0 Å². The number of halogens is 1. The van der Waals surface area contributed by atoms with E-state index >= 15 is 0 Å². The largest absolute Gasteiger partial charge is 0.324 e. The summed E-state index contributed by atoms with van der Waals surface area (Å²) in [7, 11) is 0. The molecule has 1 aromatic rings. The number of rotatable bonds is 3. The van der Waals surface area contributed by atoms with E-state index in [1.165, 1.54) is 0 Å². The summed E-state index contributed by atoms with van der Waals surface area (Å²) >= 11 is 6.09. The predicted octanol–water partition coefficient (Wildman–Crippen LogP) is 4.15. The molecule has 0 aliphatic carbocycles. The quantitative estimate of drug-likeness (QED) is 0.893. The molecule has 20 heavy (non-hydrogen) atoms. The van der Waals surface area contributed by atoms with Gasteiger partial charge in [0.05, 0.1) is 0 Å². The zero-order valence-electron chi connectivity index (χ0n) is 12.4. The second-order valence-corrected chi connectivity index (χ2v) is 6.12. The van der Waals surface area contributed by atoms with Crippen LogP contribution in [-0.2, 0) is 4.79 Å². The van der Waals surface area contributed by atoms with Gasteiger partial charge in [0.2, 0.25) is 5.91 Å². The van der Waals surface area contributed by atoms with Crippen LogP contribution >= 0.6 is 11.6 Å². The molecule has 0 saturated carbocycles. The minimum absolute atomic E-state index is 0.0291. The first kappa shape index (κ1) is 15.0. The Morgan fingerprint density at radius 1 is 1.35 bits per heavy atom. The Labute approximate surface area is 125 Å². The molecular formula is C16H21ClN2O. The maximum atomic E-state index is 12.4. The molecule has 1 unspecified atom stereocenters. The number of nitrogens with zero attached hydrogens (tertiary/aromatic N) is 1. The molecule has 1 heterocycles. The first-order valence-corrected chi connectivity index (χ1v) is 7.50. The fourth-order valence-electron chi connectivity index (χ4n) is 2.39. The van der Waals surface area contributed by atoms with Gasteiger partial charge < -0.3 is 5.32 Å². The predicted molar refractivity (Wildman–Crippen MR) is 84.7 cm³/mol. The van der Waals surface area contributed by atoms with Crippen LogP contribution in [0.15, 0.2) is 23.2 Å². The summed E-state index contributed by atoms with van der Waals surface area (Å²) in [4.78, 5) is 17.1. The van der Waals surface area contributed by atoms with Crippen LogP contribution in [0.2, 0.25) is 5.02 Å². The Morgan fingerprint density at radius 3 is 2.65 bits per heavy atom. The number of hydrogen-bond donors (Lipinski definition) is 1. The molecule has 4 heteroatoms. The monoisotopic (exact) mass is 292 g/mol. The van der Waals surface area contributed by atoms with Gasteiger partial charge in [-0.25, -0.2) is 0 Å². The zero-order valence-corrected chi connectivity index (χ0v) is 13.2. The lowest BCUT2D eigenvalue weighted by Gasteiger charge is -2.17. The summed E-state index contributed by atoms with van der Waals surface area (Å²) < 4.78 is 0. The molecule has 1 aromatic carbocycles. The number of benzene rings is 1. The first-order chi connectivity index (χ1) is 9.43. The van der Waals surface area contributed by atoms with Crippen LogP contribution in [0, 0.1) is 11.8 Å². The Hall–Kier alpha value is -1.35. The third-order valence-electron chi connectivity index (χ3n) is 3.79. The summed E-state index contributed by atoms with van der Waals surface area (Å²) in [6.07, 6.45) is 0.921. The van der Waals surface area contributed by atoms with Crippen LogP contribution < -0.4 is 5.32 Å². The van der Waals surface area contributed by atoms with Gasteiger partial charge in [0.1, 0.15) is 6.04 Å². The van der Waals surface area contributed by atoms with Gasteiger partial charge in [0, 0.05) is 22.0 Å². The number of amides is 1. The topological polar surface area (TPSA) is 41.5 Å². The van der Waals surface area contributed by atoms with E-state index in [2.05, 4.69) is 33.0 Å². The highest BCUT2D eigenvalue weighted by atomic mass is 35.5. The van der Waals surface area contributed by atoms with Gasteiger partial charge in [-0.05, 0) is 30.0 Å². The molecule has 1 aliphatic heterocycles. The van der Waals surface area contributed by atoms with Crippen LogP contribution in [0.4, 0.5) is 5.69 Å². The summed E-state index contributed by atoms with van der Waals surface area (Å²) in [6.45, 7) is 8.33.